The fraction of sp³-hybridized carbons (Fsp3) is 0.333. The van der Waals surface area contributed by atoms with Crippen molar-refractivity contribution < 1.29 is 14.3 Å². The van der Waals surface area contributed by atoms with Crippen molar-refractivity contribution in [2.75, 3.05) is 38.7 Å². The largest absolute Gasteiger partial charge is 0.497 e. The van der Waals surface area contributed by atoms with Gasteiger partial charge in [-0.2, -0.15) is 0 Å². The molecule has 0 fully saturated rings. The van der Waals surface area contributed by atoms with Crippen LogP contribution in [0.2, 0.25) is 0 Å². The summed E-state index contributed by atoms with van der Waals surface area (Å²) in [6.45, 7) is 6.56. The Morgan fingerprint density at radius 2 is 1.81 bits per heavy atom. The van der Waals surface area contributed by atoms with E-state index in [1.807, 2.05) is 42.5 Å². The molecule has 0 spiro atoms. The Morgan fingerprint density at radius 3 is 2.50 bits per heavy atom. The van der Waals surface area contributed by atoms with E-state index >= 15 is 0 Å². The van der Waals surface area contributed by atoms with E-state index in [9.17, 15) is 9.59 Å². The summed E-state index contributed by atoms with van der Waals surface area (Å²) in [4.78, 5) is 30.9. The molecule has 0 radical (unpaired) electrons. The normalized spacial score (nSPS) is 16.9. The van der Waals surface area contributed by atoms with Gasteiger partial charge in [-0.25, -0.2) is 0 Å². The molecule has 2 atom stereocenters. The third kappa shape index (κ3) is 5.23. The van der Waals surface area contributed by atoms with E-state index in [-0.39, 0.29) is 11.8 Å². The first kappa shape index (κ1) is 25.3. The molecule has 1 aliphatic heterocycles. The van der Waals surface area contributed by atoms with Gasteiger partial charge in [-0.05, 0) is 67.3 Å². The molecule has 1 N–H and O–H groups in total. The highest BCUT2D eigenvalue weighted by Gasteiger charge is 2.42. The Hall–Kier alpha value is -3.80. The van der Waals surface area contributed by atoms with Gasteiger partial charge in [0.25, 0.3) is 5.91 Å². The van der Waals surface area contributed by atoms with Crippen LogP contribution in [0.1, 0.15) is 52.4 Å². The molecule has 3 aromatic carbocycles. The van der Waals surface area contributed by atoms with Crippen molar-refractivity contribution in [3.05, 3.63) is 95.1 Å². The molecule has 188 valence electrons. The first-order valence-electron chi connectivity index (χ1n) is 12.5. The highest BCUT2D eigenvalue weighted by atomic mass is 16.5. The molecule has 6 nitrogen and oxygen atoms in total. The van der Waals surface area contributed by atoms with Crippen LogP contribution in [0.25, 0.3) is 0 Å². The smallest absolute Gasteiger partial charge is 0.254 e. The van der Waals surface area contributed by atoms with Crippen LogP contribution in [0.15, 0.2) is 72.8 Å². The number of likely N-dealkylation sites (N-methyl/N-ethyl adjacent to an activating group) is 1. The van der Waals surface area contributed by atoms with Crippen LogP contribution in [-0.4, -0.2) is 50.5 Å². The third-order valence-electron chi connectivity index (χ3n) is 6.97. The lowest BCUT2D eigenvalue weighted by atomic mass is 9.79. The number of hydrogen-bond donors (Lipinski definition) is 1. The highest BCUT2D eigenvalue weighted by molar-refractivity contribution is 6.01. The zero-order valence-electron chi connectivity index (χ0n) is 21.5. The van der Waals surface area contributed by atoms with Crippen molar-refractivity contribution in [1.82, 2.24) is 10.2 Å². The fourth-order valence-corrected chi connectivity index (χ4v) is 5.06. The molecule has 0 aliphatic carbocycles. The van der Waals surface area contributed by atoms with Crippen molar-refractivity contribution in [2.45, 2.75) is 32.2 Å². The van der Waals surface area contributed by atoms with Crippen molar-refractivity contribution in [3.8, 4) is 5.75 Å². The number of carbonyl (C=O) groups excluding carboxylic acids is 2. The van der Waals surface area contributed by atoms with E-state index < -0.39 is 12.0 Å². The van der Waals surface area contributed by atoms with E-state index in [0.717, 1.165) is 36.4 Å². The molecular weight excluding hydrogens is 450 g/mol. The summed E-state index contributed by atoms with van der Waals surface area (Å²) in [5.41, 5.74) is 4.69. The molecular formula is C30H35N3O3. The van der Waals surface area contributed by atoms with Crippen LogP contribution < -0.4 is 15.0 Å². The number of nitrogens with zero attached hydrogens (tertiary/aromatic N) is 2. The number of hydrogen-bond acceptors (Lipinski definition) is 4. The van der Waals surface area contributed by atoms with E-state index in [1.165, 1.54) is 11.3 Å². The van der Waals surface area contributed by atoms with E-state index in [4.69, 9.17) is 4.74 Å². The number of anilines is 1. The molecule has 2 amide bonds. The summed E-state index contributed by atoms with van der Waals surface area (Å²) in [5.74, 6) is 0.0869. The first-order valence-corrected chi connectivity index (χ1v) is 12.5. The minimum atomic E-state index is -0.503. The number of aryl methyl sites for hydroxylation is 1. The zero-order chi connectivity index (χ0) is 25.7. The minimum Gasteiger partial charge on any atom is -0.497 e. The summed E-state index contributed by atoms with van der Waals surface area (Å²) in [6, 6.07) is 23.1. The molecule has 3 aromatic rings. The molecule has 0 bridgehead atoms. The van der Waals surface area contributed by atoms with E-state index in [0.29, 0.717) is 12.1 Å². The SMILES string of the molecule is CCN(CCCNC(=O)[C@H]1c2ccccc2C(=O)N(C)[C@H]1c1ccc(OC)cc1)c1cccc(C)c1. The monoisotopic (exact) mass is 485 g/mol. The zero-order valence-corrected chi connectivity index (χ0v) is 21.5. The summed E-state index contributed by atoms with van der Waals surface area (Å²) in [7, 11) is 3.39. The lowest BCUT2D eigenvalue weighted by Gasteiger charge is -2.39. The third-order valence-corrected chi connectivity index (χ3v) is 6.97. The maximum Gasteiger partial charge on any atom is 0.254 e. The molecule has 1 heterocycles. The second-order valence-electron chi connectivity index (χ2n) is 9.26. The van der Waals surface area contributed by atoms with Gasteiger partial charge in [0.2, 0.25) is 5.91 Å². The Kier molecular flexibility index (Phi) is 7.93. The van der Waals surface area contributed by atoms with Crippen LogP contribution in [-0.2, 0) is 4.79 Å². The van der Waals surface area contributed by atoms with Gasteiger partial charge < -0.3 is 19.9 Å². The van der Waals surface area contributed by atoms with Crippen molar-refractivity contribution in [1.29, 1.82) is 0 Å². The Labute approximate surface area is 213 Å². The first-order chi connectivity index (χ1) is 17.4. The van der Waals surface area contributed by atoms with Gasteiger partial charge >= 0.3 is 0 Å². The van der Waals surface area contributed by atoms with Gasteiger partial charge in [-0.1, -0.05) is 42.5 Å². The number of carbonyl (C=O) groups is 2. The molecule has 6 heteroatoms. The maximum atomic E-state index is 13.7. The Bertz CT molecular complexity index is 1210. The average Bonchev–Trinajstić information content (AvgIpc) is 2.90. The van der Waals surface area contributed by atoms with Crippen molar-refractivity contribution >= 4 is 17.5 Å². The molecule has 36 heavy (non-hydrogen) atoms. The van der Waals surface area contributed by atoms with Crippen LogP contribution in [0.3, 0.4) is 0 Å². The van der Waals surface area contributed by atoms with Crippen molar-refractivity contribution in [2.24, 2.45) is 0 Å². The quantitative estimate of drug-likeness (QED) is 0.436. The maximum absolute atomic E-state index is 13.7. The highest BCUT2D eigenvalue weighted by Crippen LogP contribution is 2.42. The Morgan fingerprint density at radius 1 is 1.06 bits per heavy atom. The molecule has 0 unspecified atom stereocenters. The van der Waals surface area contributed by atoms with E-state index in [2.05, 4.69) is 48.3 Å². The van der Waals surface area contributed by atoms with Gasteiger partial charge in [0.05, 0.1) is 19.1 Å². The topological polar surface area (TPSA) is 61.9 Å². The second kappa shape index (κ2) is 11.3. The number of benzene rings is 3. The standard InChI is InChI=1S/C30H35N3O3/c1-5-33(23-11-8-10-21(2)20-23)19-9-18-31-29(34)27-25-12-6-7-13-26(25)30(35)32(3)28(27)22-14-16-24(36-4)17-15-22/h6-8,10-17,20,27-28H,5,9,18-19H2,1-4H3,(H,31,34)/t27-,28-/m0/s1. The summed E-state index contributed by atoms with van der Waals surface area (Å²) >= 11 is 0. The van der Waals surface area contributed by atoms with Crippen LogP contribution >= 0.6 is 0 Å². The number of nitrogens with one attached hydrogen (secondary N) is 1. The van der Waals surface area contributed by atoms with Gasteiger partial charge in [-0.15, -0.1) is 0 Å². The second-order valence-corrected chi connectivity index (χ2v) is 9.26. The van der Waals surface area contributed by atoms with Crippen LogP contribution in [0.4, 0.5) is 5.69 Å². The summed E-state index contributed by atoms with van der Waals surface area (Å²) in [5, 5.41) is 3.17. The predicted octanol–water partition coefficient (Wildman–Crippen LogP) is 4.95. The summed E-state index contributed by atoms with van der Waals surface area (Å²) in [6.07, 6.45) is 0.823. The van der Waals surface area contributed by atoms with Crippen LogP contribution in [0.5, 0.6) is 5.75 Å². The number of methoxy groups -OCH3 is 1. The number of amides is 2. The molecule has 0 saturated heterocycles. The lowest BCUT2D eigenvalue weighted by molar-refractivity contribution is -0.124. The average molecular weight is 486 g/mol. The molecule has 0 aromatic heterocycles. The molecule has 1 aliphatic rings. The number of fused-ring (bicyclic) bond motifs is 1. The number of rotatable bonds is 9. The molecule has 4 rings (SSSR count). The van der Waals surface area contributed by atoms with Crippen LogP contribution in [0, 0.1) is 6.92 Å². The summed E-state index contributed by atoms with van der Waals surface area (Å²) < 4.78 is 5.30. The fourth-order valence-electron chi connectivity index (χ4n) is 5.06. The predicted molar refractivity (Wildman–Crippen MR) is 144 cm³/mol. The van der Waals surface area contributed by atoms with Gasteiger partial charge in [0, 0.05) is 37.9 Å². The van der Waals surface area contributed by atoms with Gasteiger partial charge in [-0.3, -0.25) is 9.59 Å². The van der Waals surface area contributed by atoms with Crippen molar-refractivity contribution in [3.63, 3.8) is 0 Å². The number of ether oxygens (including phenoxy) is 1. The van der Waals surface area contributed by atoms with Gasteiger partial charge in [0.1, 0.15) is 5.75 Å². The van der Waals surface area contributed by atoms with E-state index in [1.54, 1.807) is 25.1 Å². The van der Waals surface area contributed by atoms with Gasteiger partial charge in [0.15, 0.2) is 0 Å². The Balaban J connectivity index is 1.52. The lowest BCUT2D eigenvalue weighted by Crippen LogP contribution is -2.46. The molecule has 0 saturated carbocycles. The minimum absolute atomic E-state index is 0.0683.